The second-order valence-corrected chi connectivity index (χ2v) is 13.6. The molecular formula is C43H38N8O6. The van der Waals surface area contributed by atoms with Crippen LogP contribution in [-0.4, -0.2) is 49.4 Å². The number of imidazole rings is 1. The fourth-order valence-electron chi connectivity index (χ4n) is 7.32. The summed E-state index contributed by atoms with van der Waals surface area (Å²) in [4.78, 5) is 28.4. The predicted octanol–water partition coefficient (Wildman–Crippen LogP) is 6.92. The van der Waals surface area contributed by atoms with Gasteiger partial charge < -0.3 is 34.7 Å². The Balaban J connectivity index is 1.02. The van der Waals surface area contributed by atoms with Gasteiger partial charge in [-0.1, -0.05) is 18.2 Å². The molecule has 14 heteroatoms. The first-order chi connectivity index (χ1) is 28.0. The first kappa shape index (κ1) is 35.5. The van der Waals surface area contributed by atoms with Crippen LogP contribution in [0.3, 0.4) is 0 Å². The second kappa shape index (κ2) is 15.2. The Morgan fingerprint density at radius 1 is 0.930 bits per heavy atom. The molecule has 14 nitrogen and oxygen atoms in total. The highest BCUT2D eigenvalue weighted by atomic mass is 16.7. The zero-order valence-electron chi connectivity index (χ0n) is 31.2. The number of hydrogen-bond donors (Lipinski definition) is 2. The van der Waals surface area contributed by atoms with Crippen molar-refractivity contribution >= 4 is 22.9 Å². The summed E-state index contributed by atoms with van der Waals surface area (Å²) >= 11 is 0. The van der Waals surface area contributed by atoms with Crippen LogP contribution in [0.1, 0.15) is 56.9 Å². The van der Waals surface area contributed by atoms with Gasteiger partial charge in [0.1, 0.15) is 42.0 Å². The molecule has 57 heavy (non-hydrogen) atoms. The zero-order chi connectivity index (χ0) is 38.9. The molecule has 7 aromatic rings. The number of ether oxygens (including phenoxy) is 5. The van der Waals surface area contributed by atoms with Crippen LogP contribution in [0.15, 0.2) is 116 Å². The largest absolute Gasteiger partial charge is 0.497 e. The number of aromatic nitrogens is 6. The SMILES string of the molecule is COCc1cc(-n2cccn2)nc2c1nc(-c1cccnc1N)n2-c1ccc2c(c1)CC[C@@H]2NC(=O)c1ccc(OCc2ccc(OC)cc2)c(C2OC=CO2)c1. The molecule has 0 radical (unpaired) electrons. The van der Waals surface area contributed by atoms with Gasteiger partial charge in [0.2, 0.25) is 0 Å². The number of methoxy groups -OCH3 is 2. The lowest BCUT2D eigenvalue weighted by molar-refractivity contribution is -0.0266. The number of amides is 1. The maximum absolute atomic E-state index is 13.9. The standard InChI is InChI=1S/C43H38N8O6/c1-53-25-29-23-37(50-18-4-17-46-50)48-41-38(29)49-40(33-5-3-16-45-39(33)44)51(41)30-10-13-32-27(21-30)8-14-35(32)47-42(52)28-9-15-36(34(22-28)43-55-19-20-56-43)57-24-26-6-11-31(54-2)12-7-26/h3-7,9-13,15-23,35,43H,8,14,24-25H2,1-2H3,(H2,44,45)(H,47,52)/t35-/m0/s1. The Kier molecular flexibility index (Phi) is 9.44. The number of pyridine rings is 2. The number of nitrogens with two attached hydrogens (primary N) is 1. The summed E-state index contributed by atoms with van der Waals surface area (Å²) in [6.07, 6.45) is 8.90. The molecule has 3 N–H and O–H groups in total. The summed E-state index contributed by atoms with van der Waals surface area (Å²) in [6, 6.07) is 26.4. The number of hydrogen-bond acceptors (Lipinski definition) is 11. The van der Waals surface area contributed by atoms with E-state index >= 15 is 0 Å². The highest BCUT2D eigenvalue weighted by Crippen LogP contribution is 2.38. The van der Waals surface area contributed by atoms with E-state index in [4.69, 9.17) is 39.4 Å². The zero-order valence-corrected chi connectivity index (χ0v) is 31.2. The van der Waals surface area contributed by atoms with Crippen molar-refractivity contribution in [1.82, 2.24) is 34.6 Å². The third kappa shape index (κ3) is 6.87. The van der Waals surface area contributed by atoms with E-state index in [1.807, 2.05) is 65.4 Å². The number of benzene rings is 3. The molecule has 0 unspecified atom stereocenters. The van der Waals surface area contributed by atoms with Crippen LogP contribution in [0.4, 0.5) is 5.82 Å². The lowest BCUT2D eigenvalue weighted by Crippen LogP contribution is -2.27. The number of nitrogens with zero attached hydrogens (tertiary/aromatic N) is 6. The minimum atomic E-state index is -0.740. The Bertz CT molecular complexity index is 2610. The summed E-state index contributed by atoms with van der Waals surface area (Å²) in [5.41, 5.74) is 14.3. The molecule has 1 aliphatic heterocycles. The topological polar surface area (TPSA) is 163 Å². The molecule has 1 amide bonds. The van der Waals surface area contributed by atoms with Crippen molar-refractivity contribution in [3.8, 4) is 34.4 Å². The first-order valence-electron chi connectivity index (χ1n) is 18.4. The van der Waals surface area contributed by atoms with Gasteiger partial charge in [-0.3, -0.25) is 9.36 Å². The summed E-state index contributed by atoms with van der Waals surface area (Å²) in [5, 5.41) is 7.69. The Morgan fingerprint density at radius 2 is 1.79 bits per heavy atom. The van der Waals surface area contributed by atoms with Crippen molar-refractivity contribution in [3.63, 3.8) is 0 Å². The fraction of sp³-hybridized carbons (Fsp3) is 0.186. The average molecular weight is 763 g/mol. The van der Waals surface area contributed by atoms with Gasteiger partial charge in [0.05, 0.1) is 30.9 Å². The number of carbonyl (C=O) groups excluding carboxylic acids is 1. The minimum absolute atomic E-state index is 0.206. The van der Waals surface area contributed by atoms with Gasteiger partial charge in [0.25, 0.3) is 12.2 Å². The van der Waals surface area contributed by atoms with Gasteiger partial charge in [0, 0.05) is 42.5 Å². The van der Waals surface area contributed by atoms with Crippen LogP contribution in [-0.2, 0) is 33.8 Å². The monoisotopic (exact) mass is 762 g/mol. The van der Waals surface area contributed by atoms with Crippen LogP contribution in [0.25, 0.3) is 34.1 Å². The number of nitrogen functional groups attached to an aromatic ring is 1. The molecular weight excluding hydrogens is 725 g/mol. The number of rotatable bonds is 12. The maximum Gasteiger partial charge on any atom is 0.269 e. The van der Waals surface area contributed by atoms with Crippen LogP contribution in [0.2, 0.25) is 0 Å². The highest BCUT2D eigenvalue weighted by molar-refractivity contribution is 5.95. The molecule has 5 heterocycles. The Hall–Kier alpha value is -7.19. The first-order valence-corrected chi connectivity index (χ1v) is 18.4. The van der Waals surface area contributed by atoms with Gasteiger partial charge >= 0.3 is 0 Å². The normalized spacial score (nSPS) is 14.7. The summed E-state index contributed by atoms with van der Waals surface area (Å²) in [6.45, 7) is 0.627. The number of fused-ring (bicyclic) bond motifs is 2. The van der Waals surface area contributed by atoms with Gasteiger partial charge in [-0.15, -0.1) is 0 Å². The average Bonchev–Trinajstić information content (AvgIpc) is 4.08. The fourth-order valence-corrected chi connectivity index (χ4v) is 7.32. The van der Waals surface area contributed by atoms with Gasteiger partial charge in [-0.2, -0.15) is 5.10 Å². The molecule has 4 aromatic heterocycles. The quantitative estimate of drug-likeness (QED) is 0.133. The Labute approximate surface area is 327 Å². The van der Waals surface area contributed by atoms with Crippen molar-refractivity contribution < 1.29 is 28.5 Å². The molecule has 0 spiro atoms. The van der Waals surface area contributed by atoms with Gasteiger partial charge in [-0.25, -0.2) is 19.6 Å². The van der Waals surface area contributed by atoms with Crippen LogP contribution in [0, 0.1) is 0 Å². The smallest absolute Gasteiger partial charge is 0.269 e. The predicted molar refractivity (Wildman–Crippen MR) is 211 cm³/mol. The van der Waals surface area contributed by atoms with Gasteiger partial charge in [-0.05, 0) is 96.3 Å². The molecule has 0 saturated carbocycles. The maximum atomic E-state index is 13.9. The van der Waals surface area contributed by atoms with Crippen molar-refractivity contribution in [1.29, 1.82) is 0 Å². The molecule has 9 rings (SSSR count). The third-order valence-electron chi connectivity index (χ3n) is 10.1. The van der Waals surface area contributed by atoms with Gasteiger partial charge in [0.15, 0.2) is 17.3 Å². The molecule has 1 atom stereocenters. The molecule has 2 aliphatic rings. The van der Waals surface area contributed by atoms with Crippen molar-refractivity contribution in [2.45, 2.75) is 38.4 Å². The summed E-state index contributed by atoms with van der Waals surface area (Å²) < 4.78 is 32.1. The molecule has 286 valence electrons. The Morgan fingerprint density at radius 3 is 2.56 bits per heavy atom. The van der Waals surface area contributed by atoms with E-state index in [9.17, 15) is 4.79 Å². The van der Waals surface area contributed by atoms with E-state index in [1.165, 1.54) is 12.5 Å². The second-order valence-electron chi connectivity index (χ2n) is 13.6. The lowest BCUT2D eigenvalue weighted by Gasteiger charge is -2.19. The molecule has 3 aromatic carbocycles. The lowest BCUT2D eigenvalue weighted by atomic mass is 10.0. The van der Waals surface area contributed by atoms with E-state index in [1.54, 1.807) is 49.5 Å². The number of aryl methyl sites for hydroxylation is 1. The molecule has 0 fully saturated rings. The summed E-state index contributed by atoms with van der Waals surface area (Å²) in [7, 11) is 3.28. The number of anilines is 1. The minimum Gasteiger partial charge on any atom is -0.497 e. The van der Waals surface area contributed by atoms with Crippen molar-refractivity contribution in [3.05, 3.63) is 149 Å². The van der Waals surface area contributed by atoms with E-state index in [2.05, 4.69) is 27.5 Å². The van der Waals surface area contributed by atoms with E-state index in [0.717, 1.165) is 46.5 Å². The third-order valence-corrected chi connectivity index (χ3v) is 10.1. The number of nitrogens with one attached hydrogen (secondary N) is 1. The van der Waals surface area contributed by atoms with Crippen LogP contribution >= 0.6 is 0 Å². The van der Waals surface area contributed by atoms with E-state index in [-0.39, 0.29) is 11.9 Å². The van der Waals surface area contributed by atoms with E-state index < -0.39 is 6.29 Å². The molecule has 0 bridgehead atoms. The highest BCUT2D eigenvalue weighted by Gasteiger charge is 2.29. The van der Waals surface area contributed by atoms with Crippen molar-refractivity contribution in [2.24, 2.45) is 0 Å². The van der Waals surface area contributed by atoms with Crippen LogP contribution in [0.5, 0.6) is 11.5 Å². The van der Waals surface area contributed by atoms with Crippen molar-refractivity contribution in [2.75, 3.05) is 20.0 Å². The molecule has 1 aliphatic carbocycles. The van der Waals surface area contributed by atoms with E-state index in [0.29, 0.717) is 64.3 Å². The van der Waals surface area contributed by atoms with Crippen LogP contribution < -0.4 is 20.5 Å². The molecule has 0 saturated heterocycles. The number of carbonyl (C=O) groups is 1. The summed E-state index contributed by atoms with van der Waals surface area (Å²) in [5.74, 6) is 2.66.